The normalized spacial score (nSPS) is 11.2. The quantitative estimate of drug-likeness (QED) is 0.632. The molecule has 0 bridgehead atoms. The zero-order valence-electron chi connectivity index (χ0n) is 10.4. The Morgan fingerprint density at radius 3 is 2.65 bits per heavy atom. The fourth-order valence-corrected chi connectivity index (χ4v) is 2.60. The lowest BCUT2D eigenvalue weighted by atomic mass is 10.2. The molecule has 0 radical (unpaired) electrons. The minimum atomic E-state index is -0.549. The number of aromatic amines is 1. The molecular weight excluding hydrogens is 302 g/mol. The molecule has 0 fully saturated rings. The van der Waals surface area contributed by atoms with Gasteiger partial charge in [-0.3, -0.25) is 4.57 Å². The second kappa shape index (κ2) is 4.68. The van der Waals surface area contributed by atoms with E-state index in [9.17, 15) is 8.78 Å². The molecular formula is C14H9ClF2N2S. The summed E-state index contributed by atoms with van der Waals surface area (Å²) in [7, 11) is 0. The molecule has 1 aromatic heterocycles. The van der Waals surface area contributed by atoms with Crippen LogP contribution in [0.15, 0.2) is 30.3 Å². The second-order valence-electron chi connectivity index (χ2n) is 4.50. The largest absolute Gasteiger partial charge is 0.330 e. The summed E-state index contributed by atoms with van der Waals surface area (Å²) >= 11 is 11.0. The van der Waals surface area contributed by atoms with Gasteiger partial charge in [0, 0.05) is 6.07 Å². The Kier molecular flexibility index (Phi) is 3.11. The Morgan fingerprint density at radius 1 is 1.15 bits per heavy atom. The van der Waals surface area contributed by atoms with Gasteiger partial charge in [0.25, 0.3) is 0 Å². The molecule has 3 aromatic rings. The molecule has 2 aromatic carbocycles. The van der Waals surface area contributed by atoms with Gasteiger partial charge in [-0.25, -0.2) is 8.78 Å². The molecule has 0 aliphatic heterocycles. The maximum absolute atomic E-state index is 14.0. The van der Waals surface area contributed by atoms with Gasteiger partial charge in [0.1, 0.15) is 11.6 Å². The Balaban J connectivity index is 2.42. The summed E-state index contributed by atoms with van der Waals surface area (Å²) in [5.41, 5.74) is 2.21. The fourth-order valence-electron chi connectivity index (χ4n) is 2.14. The third-order valence-corrected chi connectivity index (χ3v) is 3.64. The number of imidazole rings is 1. The molecule has 0 aliphatic carbocycles. The van der Waals surface area contributed by atoms with Crippen molar-refractivity contribution in [2.45, 2.75) is 6.92 Å². The molecule has 3 rings (SSSR count). The summed E-state index contributed by atoms with van der Waals surface area (Å²) in [5.74, 6) is -0.958. The van der Waals surface area contributed by atoms with E-state index in [0.717, 1.165) is 5.56 Å². The van der Waals surface area contributed by atoms with E-state index in [0.29, 0.717) is 16.7 Å². The lowest BCUT2D eigenvalue weighted by Crippen LogP contribution is -1.98. The standard InChI is InChI=1S/C14H9ClF2N2S/c1-7-2-3-9(16)12(4-7)19-13-5-8(15)10(17)6-11(13)18-14(19)20/h2-6H,1H3,(H,18,20). The predicted molar refractivity (Wildman–Crippen MR) is 78.1 cm³/mol. The van der Waals surface area contributed by atoms with E-state index in [1.54, 1.807) is 12.1 Å². The lowest BCUT2D eigenvalue weighted by molar-refractivity contribution is 0.618. The Hall–Kier alpha value is -1.72. The van der Waals surface area contributed by atoms with Crippen LogP contribution in [0, 0.1) is 23.3 Å². The van der Waals surface area contributed by atoms with E-state index in [-0.39, 0.29) is 9.79 Å². The van der Waals surface area contributed by atoms with Gasteiger partial charge < -0.3 is 4.98 Å². The van der Waals surface area contributed by atoms with Gasteiger partial charge in [-0.05, 0) is 42.9 Å². The first kappa shape index (κ1) is 13.3. The zero-order valence-corrected chi connectivity index (χ0v) is 11.9. The number of aromatic nitrogens is 2. The van der Waals surface area contributed by atoms with Crippen molar-refractivity contribution in [1.29, 1.82) is 0 Å². The summed E-state index contributed by atoms with van der Waals surface area (Å²) < 4.78 is 29.3. The van der Waals surface area contributed by atoms with E-state index < -0.39 is 11.6 Å². The van der Waals surface area contributed by atoms with Crippen molar-refractivity contribution in [2.75, 3.05) is 0 Å². The van der Waals surface area contributed by atoms with E-state index >= 15 is 0 Å². The summed E-state index contributed by atoms with van der Waals surface area (Å²) in [6.45, 7) is 1.86. The van der Waals surface area contributed by atoms with Crippen LogP contribution in [0.5, 0.6) is 0 Å². The molecule has 0 amide bonds. The summed E-state index contributed by atoms with van der Waals surface area (Å²) in [6, 6.07) is 7.40. The van der Waals surface area contributed by atoms with Crippen LogP contribution >= 0.6 is 23.8 Å². The number of hydrogen-bond donors (Lipinski definition) is 1. The number of halogens is 3. The summed E-state index contributed by atoms with van der Waals surface area (Å²) in [5, 5.41) is -0.0340. The van der Waals surface area contributed by atoms with Gasteiger partial charge in [0.15, 0.2) is 4.77 Å². The molecule has 20 heavy (non-hydrogen) atoms. The van der Waals surface area contributed by atoms with Crippen molar-refractivity contribution in [3.8, 4) is 5.69 Å². The highest BCUT2D eigenvalue weighted by Crippen LogP contribution is 2.26. The van der Waals surface area contributed by atoms with Crippen LogP contribution in [0.1, 0.15) is 5.56 Å². The van der Waals surface area contributed by atoms with Crippen LogP contribution < -0.4 is 0 Å². The zero-order chi connectivity index (χ0) is 14.4. The first-order valence-electron chi connectivity index (χ1n) is 5.83. The number of fused-ring (bicyclic) bond motifs is 1. The smallest absolute Gasteiger partial charge is 0.182 e. The van der Waals surface area contributed by atoms with Crippen molar-refractivity contribution in [3.63, 3.8) is 0 Å². The maximum Gasteiger partial charge on any atom is 0.182 e. The van der Waals surface area contributed by atoms with Crippen molar-refractivity contribution in [2.24, 2.45) is 0 Å². The van der Waals surface area contributed by atoms with E-state index in [1.165, 1.54) is 22.8 Å². The molecule has 0 atom stereocenters. The molecule has 0 aliphatic rings. The number of benzene rings is 2. The highest BCUT2D eigenvalue weighted by Gasteiger charge is 2.13. The number of rotatable bonds is 1. The van der Waals surface area contributed by atoms with Crippen molar-refractivity contribution >= 4 is 34.9 Å². The Morgan fingerprint density at radius 2 is 1.90 bits per heavy atom. The molecule has 0 saturated carbocycles. The maximum atomic E-state index is 14.0. The highest BCUT2D eigenvalue weighted by atomic mass is 35.5. The minimum Gasteiger partial charge on any atom is -0.330 e. The van der Waals surface area contributed by atoms with Crippen molar-refractivity contribution in [1.82, 2.24) is 9.55 Å². The molecule has 1 heterocycles. The van der Waals surface area contributed by atoms with Crippen LogP contribution in [0.2, 0.25) is 5.02 Å². The lowest BCUT2D eigenvalue weighted by Gasteiger charge is -2.07. The van der Waals surface area contributed by atoms with Gasteiger partial charge in [-0.1, -0.05) is 17.7 Å². The summed E-state index contributed by atoms with van der Waals surface area (Å²) in [6.07, 6.45) is 0. The third kappa shape index (κ3) is 2.03. The van der Waals surface area contributed by atoms with Gasteiger partial charge >= 0.3 is 0 Å². The topological polar surface area (TPSA) is 20.7 Å². The van der Waals surface area contributed by atoms with E-state index in [2.05, 4.69) is 4.98 Å². The number of nitrogens with one attached hydrogen (secondary N) is 1. The summed E-state index contributed by atoms with van der Waals surface area (Å²) in [4.78, 5) is 2.85. The Labute approximate surface area is 123 Å². The number of hydrogen-bond acceptors (Lipinski definition) is 1. The third-order valence-electron chi connectivity index (χ3n) is 3.07. The average Bonchev–Trinajstić information content (AvgIpc) is 2.69. The Bertz CT molecular complexity index is 883. The van der Waals surface area contributed by atoms with Gasteiger partial charge in [-0.2, -0.15) is 0 Å². The molecule has 0 unspecified atom stereocenters. The van der Waals surface area contributed by atoms with Crippen LogP contribution in [0.4, 0.5) is 8.78 Å². The van der Waals surface area contributed by atoms with Gasteiger partial charge in [-0.15, -0.1) is 0 Å². The molecule has 2 nitrogen and oxygen atoms in total. The second-order valence-corrected chi connectivity index (χ2v) is 5.30. The number of nitrogens with zero attached hydrogens (tertiary/aromatic N) is 1. The van der Waals surface area contributed by atoms with Crippen LogP contribution in [0.25, 0.3) is 16.7 Å². The van der Waals surface area contributed by atoms with Crippen LogP contribution in [-0.2, 0) is 0 Å². The predicted octanol–water partition coefficient (Wildman–Crippen LogP) is 4.93. The number of H-pyrrole nitrogens is 1. The van der Waals surface area contributed by atoms with Crippen LogP contribution in [-0.4, -0.2) is 9.55 Å². The van der Waals surface area contributed by atoms with E-state index in [1.807, 2.05) is 6.92 Å². The van der Waals surface area contributed by atoms with Crippen molar-refractivity contribution in [3.05, 3.63) is 57.3 Å². The van der Waals surface area contributed by atoms with E-state index in [4.69, 9.17) is 23.8 Å². The molecule has 1 N–H and O–H groups in total. The van der Waals surface area contributed by atoms with Crippen molar-refractivity contribution < 1.29 is 8.78 Å². The SMILES string of the molecule is Cc1ccc(F)c(-n2c(=S)[nH]c3cc(F)c(Cl)cc32)c1. The number of aryl methyl sites for hydroxylation is 1. The highest BCUT2D eigenvalue weighted by molar-refractivity contribution is 7.71. The van der Waals surface area contributed by atoms with Gasteiger partial charge in [0.2, 0.25) is 0 Å². The first-order valence-corrected chi connectivity index (χ1v) is 6.62. The molecule has 6 heteroatoms. The molecule has 0 spiro atoms. The fraction of sp³-hybridized carbons (Fsp3) is 0.0714. The molecule has 0 saturated heterocycles. The first-order chi connectivity index (χ1) is 9.47. The van der Waals surface area contributed by atoms with Crippen LogP contribution in [0.3, 0.4) is 0 Å². The molecule has 102 valence electrons. The minimum absolute atomic E-state index is 0.0340. The van der Waals surface area contributed by atoms with Gasteiger partial charge in [0.05, 0.1) is 21.7 Å². The average molecular weight is 311 g/mol. The monoisotopic (exact) mass is 310 g/mol.